The zero-order valence-corrected chi connectivity index (χ0v) is 18.1. The summed E-state index contributed by atoms with van der Waals surface area (Å²) in [5, 5.41) is 15.6. The third-order valence-electron chi connectivity index (χ3n) is 6.26. The molecule has 2 N–H and O–H groups in total. The number of nitrogens with zero attached hydrogens (tertiary/aromatic N) is 5. The van der Waals surface area contributed by atoms with Crippen LogP contribution in [0.5, 0.6) is 0 Å². The highest BCUT2D eigenvalue weighted by Crippen LogP contribution is 2.40. The lowest BCUT2D eigenvalue weighted by Crippen LogP contribution is -2.32. The summed E-state index contributed by atoms with van der Waals surface area (Å²) in [5.41, 5.74) is 2.97. The Hall–Kier alpha value is -3.88. The van der Waals surface area contributed by atoms with E-state index >= 15 is 0 Å². The largest absolute Gasteiger partial charge is 0.445 e. The number of aromatic amines is 1. The molecule has 1 aromatic carbocycles. The maximum atomic E-state index is 12.9. The standard InChI is InChI=1S/C24H25N7O2/c32-24(33-15-16-6-2-1-3-7-16)30-12-4-8-19(30)23-26-22(20-9-5-13-31(20)29-23)25-21-14-18(27-28-21)17-10-11-17/h1-3,5-7,9,13-14,17,19H,4,8,10-12,15H2,(H2,25,26,27,28,29)/t19-/m0/s1. The van der Waals surface area contributed by atoms with Crippen molar-refractivity contribution in [2.24, 2.45) is 0 Å². The Morgan fingerprint density at radius 3 is 2.88 bits per heavy atom. The van der Waals surface area contributed by atoms with Crippen molar-refractivity contribution < 1.29 is 9.53 Å². The van der Waals surface area contributed by atoms with Gasteiger partial charge in [-0.15, -0.1) is 0 Å². The first-order valence-corrected chi connectivity index (χ1v) is 11.4. The molecule has 33 heavy (non-hydrogen) atoms. The van der Waals surface area contributed by atoms with E-state index in [1.165, 1.54) is 12.8 Å². The minimum atomic E-state index is -0.339. The topological polar surface area (TPSA) is 100 Å². The minimum Gasteiger partial charge on any atom is -0.445 e. The molecular formula is C24H25N7O2. The molecule has 1 aliphatic carbocycles. The Morgan fingerprint density at radius 1 is 1.15 bits per heavy atom. The number of hydrogen-bond donors (Lipinski definition) is 2. The van der Waals surface area contributed by atoms with Gasteiger partial charge in [0.15, 0.2) is 17.5 Å². The average Bonchev–Trinajstić information content (AvgIpc) is 3.22. The molecule has 4 aromatic rings. The predicted octanol–water partition coefficient (Wildman–Crippen LogP) is 4.55. The van der Waals surface area contributed by atoms with E-state index in [1.54, 1.807) is 9.42 Å². The summed E-state index contributed by atoms with van der Waals surface area (Å²) in [6.07, 6.45) is 5.64. The fourth-order valence-electron chi connectivity index (χ4n) is 4.37. The summed E-state index contributed by atoms with van der Waals surface area (Å²) in [4.78, 5) is 19.4. The molecule has 1 amide bonds. The first-order valence-electron chi connectivity index (χ1n) is 11.4. The summed E-state index contributed by atoms with van der Waals surface area (Å²) < 4.78 is 7.38. The van der Waals surface area contributed by atoms with Gasteiger partial charge in [-0.1, -0.05) is 30.3 Å². The number of ether oxygens (including phenoxy) is 1. The van der Waals surface area contributed by atoms with Crippen molar-refractivity contribution in [3.63, 3.8) is 0 Å². The highest BCUT2D eigenvalue weighted by atomic mass is 16.6. The van der Waals surface area contributed by atoms with Gasteiger partial charge in [0.25, 0.3) is 0 Å². The summed E-state index contributed by atoms with van der Waals surface area (Å²) >= 11 is 0. The number of nitrogens with one attached hydrogen (secondary N) is 2. The van der Waals surface area contributed by atoms with Gasteiger partial charge in [0.1, 0.15) is 12.1 Å². The highest BCUT2D eigenvalue weighted by molar-refractivity contribution is 5.72. The number of fused-ring (bicyclic) bond motifs is 1. The quantitative estimate of drug-likeness (QED) is 0.454. The highest BCUT2D eigenvalue weighted by Gasteiger charge is 2.34. The normalized spacial score (nSPS) is 18.1. The molecule has 0 spiro atoms. The fourth-order valence-corrected chi connectivity index (χ4v) is 4.37. The zero-order valence-electron chi connectivity index (χ0n) is 18.1. The zero-order chi connectivity index (χ0) is 22.2. The summed E-state index contributed by atoms with van der Waals surface area (Å²) in [5.74, 6) is 2.59. The molecule has 0 radical (unpaired) electrons. The minimum absolute atomic E-state index is 0.234. The number of anilines is 2. The second-order valence-corrected chi connectivity index (χ2v) is 8.66. The lowest BCUT2D eigenvalue weighted by atomic mass is 10.2. The molecule has 3 aromatic heterocycles. The molecule has 2 fully saturated rings. The molecule has 4 heterocycles. The smallest absolute Gasteiger partial charge is 0.410 e. The number of carbonyl (C=O) groups is 1. The second-order valence-electron chi connectivity index (χ2n) is 8.66. The number of H-pyrrole nitrogens is 1. The van der Waals surface area contributed by atoms with E-state index < -0.39 is 0 Å². The maximum absolute atomic E-state index is 12.9. The lowest BCUT2D eigenvalue weighted by molar-refractivity contribution is 0.0907. The molecule has 0 unspecified atom stereocenters. The van der Waals surface area contributed by atoms with Crippen LogP contribution in [-0.4, -0.2) is 42.3 Å². The molecule has 2 aliphatic rings. The van der Waals surface area contributed by atoms with E-state index in [1.807, 2.05) is 54.7 Å². The van der Waals surface area contributed by atoms with Crippen molar-refractivity contribution in [3.8, 4) is 0 Å². The van der Waals surface area contributed by atoms with Gasteiger partial charge in [0.05, 0.1) is 6.04 Å². The maximum Gasteiger partial charge on any atom is 0.410 e. The predicted molar refractivity (Wildman–Crippen MR) is 122 cm³/mol. The Morgan fingerprint density at radius 2 is 2.03 bits per heavy atom. The van der Waals surface area contributed by atoms with Crippen LogP contribution in [0.3, 0.4) is 0 Å². The van der Waals surface area contributed by atoms with Crippen molar-refractivity contribution in [3.05, 3.63) is 71.8 Å². The van der Waals surface area contributed by atoms with Gasteiger partial charge in [-0.25, -0.2) is 14.3 Å². The molecule has 9 heteroatoms. The second kappa shape index (κ2) is 8.23. The van der Waals surface area contributed by atoms with Crippen LogP contribution in [0, 0.1) is 0 Å². The van der Waals surface area contributed by atoms with Crippen LogP contribution in [0.15, 0.2) is 54.7 Å². The van der Waals surface area contributed by atoms with E-state index in [0.717, 1.165) is 35.4 Å². The monoisotopic (exact) mass is 443 g/mol. The average molecular weight is 444 g/mol. The third kappa shape index (κ3) is 4.02. The van der Waals surface area contributed by atoms with Crippen LogP contribution in [0.2, 0.25) is 0 Å². The SMILES string of the molecule is O=C(OCc1ccccc1)N1CCC[C@H]1c1nc(Nc2cc(C3CC3)[nH]n2)c2cccn2n1. The van der Waals surface area contributed by atoms with Crippen LogP contribution in [-0.2, 0) is 11.3 Å². The number of aromatic nitrogens is 5. The number of likely N-dealkylation sites (tertiary alicyclic amines) is 1. The lowest BCUT2D eigenvalue weighted by Gasteiger charge is -2.23. The van der Waals surface area contributed by atoms with Crippen molar-refractivity contribution in [1.82, 2.24) is 29.7 Å². The van der Waals surface area contributed by atoms with E-state index in [0.29, 0.717) is 24.1 Å². The first kappa shape index (κ1) is 19.8. The molecule has 6 rings (SSSR count). The summed E-state index contributed by atoms with van der Waals surface area (Å²) in [6.45, 7) is 0.869. The Labute approximate surface area is 190 Å². The molecule has 1 saturated carbocycles. The molecule has 1 atom stereocenters. The Bertz CT molecular complexity index is 1280. The number of hydrogen-bond acceptors (Lipinski definition) is 6. The van der Waals surface area contributed by atoms with E-state index in [4.69, 9.17) is 14.8 Å². The van der Waals surface area contributed by atoms with Crippen molar-refractivity contribution in [2.45, 2.75) is 44.2 Å². The van der Waals surface area contributed by atoms with Gasteiger partial charge < -0.3 is 10.1 Å². The number of benzene rings is 1. The first-order chi connectivity index (χ1) is 16.2. The van der Waals surface area contributed by atoms with Crippen LogP contribution in [0.25, 0.3) is 5.52 Å². The van der Waals surface area contributed by atoms with E-state index in [9.17, 15) is 4.79 Å². The van der Waals surface area contributed by atoms with Crippen molar-refractivity contribution >= 4 is 23.2 Å². The van der Waals surface area contributed by atoms with E-state index in [2.05, 4.69) is 15.5 Å². The van der Waals surface area contributed by atoms with Crippen LogP contribution < -0.4 is 5.32 Å². The molecule has 168 valence electrons. The van der Waals surface area contributed by atoms with Crippen molar-refractivity contribution in [1.29, 1.82) is 0 Å². The van der Waals surface area contributed by atoms with Gasteiger partial charge in [-0.3, -0.25) is 10.00 Å². The third-order valence-corrected chi connectivity index (χ3v) is 6.26. The van der Waals surface area contributed by atoms with Crippen LogP contribution >= 0.6 is 0 Å². The van der Waals surface area contributed by atoms with Gasteiger partial charge >= 0.3 is 6.09 Å². The molecular weight excluding hydrogens is 418 g/mol. The van der Waals surface area contributed by atoms with E-state index in [-0.39, 0.29) is 18.7 Å². The summed E-state index contributed by atoms with van der Waals surface area (Å²) in [6, 6.07) is 15.4. The number of carbonyl (C=O) groups excluding carboxylic acids is 1. The molecule has 1 aliphatic heterocycles. The number of rotatable bonds is 6. The Balaban J connectivity index is 1.24. The van der Waals surface area contributed by atoms with Gasteiger partial charge in [-0.2, -0.15) is 10.2 Å². The summed E-state index contributed by atoms with van der Waals surface area (Å²) in [7, 11) is 0. The van der Waals surface area contributed by atoms with Crippen LogP contribution in [0.1, 0.15) is 54.7 Å². The number of amides is 1. The molecule has 0 bridgehead atoms. The van der Waals surface area contributed by atoms with Crippen molar-refractivity contribution in [2.75, 3.05) is 11.9 Å². The van der Waals surface area contributed by atoms with Gasteiger partial charge in [0, 0.05) is 30.4 Å². The van der Waals surface area contributed by atoms with Crippen LogP contribution in [0.4, 0.5) is 16.4 Å². The van der Waals surface area contributed by atoms with Gasteiger partial charge in [-0.05, 0) is 43.4 Å². The molecule has 9 nitrogen and oxygen atoms in total. The van der Waals surface area contributed by atoms with Gasteiger partial charge in [0.2, 0.25) is 0 Å². The fraction of sp³-hybridized carbons (Fsp3) is 0.333. The molecule has 1 saturated heterocycles. The Kier molecular flexibility index (Phi) is 4.93.